The maximum atomic E-state index is 12.4. The van der Waals surface area contributed by atoms with Gasteiger partial charge in [-0.15, -0.1) is 0 Å². The number of carbonyl (C=O) groups excluding carboxylic acids is 2. The van der Waals surface area contributed by atoms with E-state index in [1.54, 1.807) is 0 Å². The predicted molar refractivity (Wildman–Crippen MR) is 39.4 cm³/mol. The monoisotopic (exact) mass is 310 g/mol. The molecule has 0 bridgehead atoms. The zero-order valence-corrected chi connectivity index (χ0v) is 9.25. The summed E-state index contributed by atoms with van der Waals surface area (Å²) in [6, 6.07) is 0. The van der Waals surface area contributed by atoms with Crippen LogP contribution < -0.4 is 18.9 Å². The molecular weight excluding hydrogens is 307 g/mol. The van der Waals surface area contributed by atoms with Gasteiger partial charge in [-0.2, -0.15) is 30.7 Å². The molecular formula is C5H3BF7LiO6. The molecule has 0 aromatic rings. The molecule has 0 radical (unpaired) electrons. The normalized spacial score (nSPS) is 12.2. The van der Waals surface area contributed by atoms with Crippen molar-refractivity contribution in [2.24, 2.45) is 0 Å². The van der Waals surface area contributed by atoms with E-state index >= 15 is 0 Å². The van der Waals surface area contributed by atoms with Crippen LogP contribution in [0.5, 0.6) is 0 Å². The van der Waals surface area contributed by atoms with E-state index < -0.39 is 37.5 Å². The molecule has 0 aliphatic rings. The van der Waals surface area contributed by atoms with Gasteiger partial charge in [-0.3, -0.25) is 0 Å². The summed E-state index contributed by atoms with van der Waals surface area (Å²) in [5, 5.41) is 15.9. The molecule has 0 aliphatic heterocycles. The summed E-state index contributed by atoms with van der Waals surface area (Å²) < 4.78 is 89.3. The van der Waals surface area contributed by atoms with Gasteiger partial charge in [0.05, 0.1) is 0 Å². The van der Waals surface area contributed by atoms with E-state index in [-0.39, 0.29) is 20.3 Å². The third-order valence-corrected chi connectivity index (χ3v) is 1.32. The second kappa shape index (κ2) is 6.66. The number of carbonyl (C=O) groups is 2. The van der Waals surface area contributed by atoms with Gasteiger partial charge in [0, 0.05) is 0 Å². The minimum absolute atomic E-state index is 0. The Bertz CT molecular complexity index is 377. The Morgan fingerprint density at radius 1 is 0.950 bits per heavy atom. The smallest absolute Gasteiger partial charge is 1.00 e. The van der Waals surface area contributed by atoms with Crippen LogP contribution in [0.4, 0.5) is 30.7 Å². The first-order chi connectivity index (χ1) is 8.22. The SMILES string of the molecule is O=C(OB(O)O)C(=O)OC(F)(F)C(F)(F)C(F)(F)F.[H-].[Li+]. The number of hydrogen-bond acceptors (Lipinski definition) is 6. The zero-order valence-electron chi connectivity index (χ0n) is 10.3. The first-order valence-electron chi connectivity index (χ1n) is 3.85. The Morgan fingerprint density at radius 2 is 1.35 bits per heavy atom. The summed E-state index contributed by atoms with van der Waals surface area (Å²) in [6.07, 6.45) is -13.2. The fourth-order valence-corrected chi connectivity index (χ4v) is 0.531. The van der Waals surface area contributed by atoms with Crippen LogP contribution in [0.3, 0.4) is 0 Å². The Hall–Kier alpha value is -0.968. The second-order valence-electron chi connectivity index (χ2n) is 2.71. The zero-order chi connectivity index (χ0) is 15.6. The first kappa shape index (κ1) is 21.3. The van der Waals surface area contributed by atoms with E-state index in [9.17, 15) is 40.3 Å². The molecule has 2 N–H and O–H groups in total. The van der Waals surface area contributed by atoms with Gasteiger partial charge in [-0.05, 0) is 0 Å². The molecule has 0 saturated carbocycles. The van der Waals surface area contributed by atoms with Gasteiger partial charge >= 0.3 is 56.3 Å². The van der Waals surface area contributed by atoms with Crippen molar-refractivity contribution >= 4 is 19.3 Å². The molecule has 0 rings (SSSR count). The molecule has 0 heterocycles. The van der Waals surface area contributed by atoms with Crippen LogP contribution in [-0.4, -0.2) is 47.5 Å². The molecule has 0 aromatic carbocycles. The molecule has 15 heteroatoms. The number of esters is 1. The van der Waals surface area contributed by atoms with E-state index in [0.717, 1.165) is 0 Å². The van der Waals surface area contributed by atoms with Crippen molar-refractivity contribution in [1.82, 2.24) is 0 Å². The van der Waals surface area contributed by atoms with E-state index in [2.05, 4.69) is 9.39 Å². The summed E-state index contributed by atoms with van der Waals surface area (Å²) in [5.41, 5.74) is 0. The van der Waals surface area contributed by atoms with Crippen molar-refractivity contribution in [1.29, 1.82) is 0 Å². The quantitative estimate of drug-likeness (QED) is 0.249. The Labute approximate surface area is 118 Å². The third-order valence-electron chi connectivity index (χ3n) is 1.32. The fourth-order valence-electron chi connectivity index (χ4n) is 0.531. The van der Waals surface area contributed by atoms with Gasteiger partial charge in [0.25, 0.3) is 0 Å². The van der Waals surface area contributed by atoms with Gasteiger partial charge in [0.1, 0.15) is 0 Å². The van der Waals surface area contributed by atoms with E-state index in [1.165, 1.54) is 0 Å². The molecule has 0 atom stereocenters. The fraction of sp³-hybridized carbons (Fsp3) is 0.600. The summed E-state index contributed by atoms with van der Waals surface area (Å²) >= 11 is 0. The first-order valence-corrected chi connectivity index (χ1v) is 3.85. The summed E-state index contributed by atoms with van der Waals surface area (Å²) in [5.74, 6) is -12.4. The maximum absolute atomic E-state index is 12.4. The van der Waals surface area contributed by atoms with Crippen LogP contribution in [0.2, 0.25) is 0 Å². The summed E-state index contributed by atoms with van der Waals surface area (Å²) in [7, 11) is -2.99. The van der Waals surface area contributed by atoms with Gasteiger partial charge < -0.3 is 20.9 Å². The van der Waals surface area contributed by atoms with Gasteiger partial charge in [0.2, 0.25) is 0 Å². The van der Waals surface area contributed by atoms with Crippen molar-refractivity contribution in [2.75, 3.05) is 0 Å². The standard InChI is InChI=1S/C5H2BF7O6.Li.H/c7-3(8,4(9,10)11)5(12,13)18-1(14)2(15)19-6(16)17;;/h16-17H;;/q;+1;-1. The number of halogens is 7. The number of ether oxygens (including phenoxy) is 1. The molecule has 0 aliphatic carbocycles. The summed E-state index contributed by atoms with van der Waals surface area (Å²) in [4.78, 5) is 20.7. The number of hydrogen-bond donors (Lipinski definition) is 2. The van der Waals surface area contributed by atoms with Crippen LogP contribution in [-0.2, 0) is 19.0 Å². The van der Waals surface area contributed by atoms with Crippen molar-refractivity contribution in [2.45, 2.75) is 18.2 Å². The van der Waals surface area contributed by atoms with Crippen molar-refractivity contribution in [3.8, 4) is 0 Å². The number of rotatable bonds is 3. The van der Waals surface area contributed by atoms with E-state index in [1.807, 2.05) is 0 Å². The molecule has 6 nitrogen and oxygen atoms in total. The molecule has 0 unspecified atom stereocenters. The van der Waals surface area contributed by atoms with E-state index in [4.69, 9.17) is 10.0 Å². The Kier molecular flexibility index (Phi) is 7.10. The summed E-state index contributed by atoms with van der Waals surface area (Å²) in [6.45, 7) is 0. The topological polar surface area (TPSA) is 93.1 Å². The Balaban J connectivity index is -0.00000162. The van der Waals surface area contributed by atoms with Crippen molar-refractivity contribution in [3.63, 3.8) is 0 Å². The van der Waals surface area contributed by atoms with Crippen molar-refractivity contribution < 1.29 is 80.0 Å². The largest absolute Gasteiger partial charge is 1.00 e. The van der Waals surface area contributed by atoms with Crippen molar-refractivity contribution in [3.05, 3.63) is 0 Å². The van der Waals surface area contributed by atoms with Crippen LogP contribution in [0.1, 0.15) is 1.43 Å². The van der Waals surface area contributed by atoms with Crippen LogP contribution in [0, 0.1) is 0 Å². The van der Waals surface area contributed by atoms with Gasteiger partial charge in [-0.25, -0.2) is 9.59 Å². The second-order valence-corrected chi connectivity index (χ2v) is 2.71. The van der Waals surface area contributed by atoms with Crippen LogP contribution in [0.15, 0.2) is 0 Å². The minimum Gasteiger partial charge on any atom is -1.00 e. The molecule has 0 saturated heterocycles. The Morgan fingerprint density at radius 3 is 1.65 bits per heavy atom. The van der Waals surface area contributed by atoms with E-state index in [0.29, 0.717) is 0 Å². The average Bonchev–Trinajstić information content (AvgIpc) is 2.13. The van der Waals surface area contributed by atoms with Crippen LogP contribution in [0.25, 0.3) is 0 Å². The third kappa shape index (κ3) is 4.85. The predicted octanol–water partition coefficient (Wildman–Crippen LogP) is -3.05. The molecule has 0 aromatic heterocycles. The maximum Gasteiger partial charge on any atom is 1.00 e. The molecule has 112 valence electrons. The molecule has 0 amide bonds. The molecule has 0 fully saturated rings. The number of alkyl halides is 7. The minimum atomic E-state index is -6.77. The average molecular weight is 310 g/mol. The molecule has 0 spiro atoms. The van der Waals surface area contributed by atoms with Gasteiger partial charge in [0.15, 0.2) is 0 Å². The molecule has 20 heavy (non-hydrogen) atoms. The van der Waals surface area contributed by atoms with Crippen LogP contribution >= 0.6 is 0 Å². The van der Waals surface area contributed by atoms with Gasteiger partial charge in [-0.1, -0.05) is 0 Å².